The van der Waals surface area contributed by atoms with Crippen molar-refractivity contribution in [1.82, 2.24) is 4.90 Å². The lowest BCUT2D eigenvalue weighted by molar-refractivity contribution is 0.197. The molecule has 0 aromatic carbocycles. The Balaban J connectivity index is 2.45. The van der Waals surface area contributed by atoms with E-state index in [2.05, 4.69) is 24.8 Å². The highest BCUT2D eigenvalue weighted by molar-refractivity contribution is 4.83. The van der Waals surface area contributed by atoms with Crippen LogP contribution in [-0.4, -0.2) is 24.0 Å². The standard InChI is InChI=1S/C13H24N2/c1-3-12-6-5-10-15(11-8-12)13(4-2)7-9-14/h12-13H,3-8,10-11H2,1-2H3. The van der Waals surface area contributed by atoms with Crippen molar-refractivity contribution in [2.45, 2.75) is 58.4 Å². The fraction of sp³-hybridized carbons (Fsp3) is 0.923. The van der Waals surface area contributed by atoms with Gasteiger partial charge in [0.05, 0.1) is 12.5 Å². The average molecular weight is 208 g/mol. The third-order valence-electron chi connectivity index (χ3n) is 3.77. The van der Waals surface area contributed by atoms with Gasteiger partial charge < -0.3 is 0 Å². The van der Waals surface area contributed by atoms with Crippen LogP contribution in [0.2, 0.25) is 0 Å². The molecule has 1 fully saturated rings. The highest BCUT2D eigenvalue weighted by Crippen LogP contribution is 2.22. The smallest absolute Gasteiger partial charge is 0.0638 e. The molecule has 1 aliphatic rings. The molecule has 0 radical (unpaired) electrons. The predicted molar refractivity (Wildman–Crippen MR) is 63.5 cm³/mol. The maximum Gasteiger partial charge on any atom is 0.0638 e. The molecule has 1 saturated heterocycles. The molecule has 2 nitrogen and oxygen atoms in total. The van der Waals surface area contributed by atoms with Crippen molar-refractivity contribution >= 4 is 0 Å². The van der Waals surface area contributed by atoms with E-state index in [4.69, 9.17) is 5.26 Å². The minimum Gasteiger partial charge on any atom is -0.299 e. The predicted octanol–water partition coefficient (Wildman–Crippen LogP) is 3.19. The summed E-state index contributed by atoms with van der Waals surface area (Å²) >= 11 is 0. The zero-order valence-corrected chi connectivity index (χ0v) is 10.2. The van der Waals surface area contributed by atoms with Crippen LogP contribution in [-0.2, 0) is 0 Å². The number of hydrogen-bond acceptors (Lipinski definition) is 2. The van der Waals surface area contributed by atoms with Crippen molar-refractivity contribution in [3.63, 3.8) is 0 Å². The molecule has 1 aliphatic heterocycles. The van der Waals surface area contributed by atoms with E-state index in [1.807, 2.05) is 0 Å². The Hall–Kier alpha value is -0.550. The summed E-state index contributed by atoms with van der Waals surface area (Å²) in [5.41, 5.74) is 0. The number of likely N-dealkylation sites (tertiary alicyclic amines) is 1. The summed E-state index contributed by atoms with van der Waals surface area (Å²) in [7, 11) is 0. The molecule has 15 heavy (non-hydrogen) atoms. The molecular weight excluding hydrogens is 184 g/mol. The normalized spacial score (nSPS) is 25.5. The van der Waals surface area contributed by atoms with E-state index in [1.165, 1.54) is 38.8 Å². The largest absolute Gasteiger partial charge is 0.299 e. The summed E-state index contributed by atoms with van der Waals surface area (Å²) < 4.78 is 0. The Morgan fingerprint density at radius 3 is 2.73 bits per heavy atom. The van der Waals surface area contributed by atoms with E-state index in [9.17, 15) is 0 Å². The van der Waals surface area contributed by atoms with Crippen molar-refractivity contribution in [2.24, 2.45) is 5.92 Å². The van der Waals surface area contributed by atoms with E-state index in [0.717, 1.165) is 12.3 Å². The van der Waals surface area contributed by atoms with E-state index in [-0.39, 0.29) is 0 Å². The maximum absolute atomic E-state index is 8.79. The molecule has 0 N–H and O–H groups in total. The second-order valence-electron chi connectivity index (χ2n) is 4.67. The van der Waals surface area contributed by atoms with Crippen LogP contribution in [0.4, 0.5) is 0 Å². The highest BCUT2D eigenvalue weighted by atomic mass is 15.1. The molecule has 0 amide bonds. The van der Waals surface area contributed by atoms with Gasteiger partial charge in [0, 0.05) is 6.04 Å². The zero-order chi connectivity index (χ0) is 11.1. The maximum atomic E-state index is 8.79. The summed E-state index contributed by atoms with van der Waals surface area (Å²) in [6.07, 6.45) is 7.18. The quantitative estimate of drug-likeness (QED) is 0.709. The molecule has 2 unspecified atom stereocenters. The molecule has 0 aromatic rings. The van der Waals surface area contributed by atoms with Crippen LogP contribution >= 0.6 is 0 Å². The Morgan fingerprint density at radius 1 is 1.33 bits per heavy atom. The third-order valence-corrected chi connectivity index (χ3v) is 3.77. The van der Waals surface area contributed by atoms with Crippen molar-refractivity contribution in [1.29, 1.82) is 5.26 Å². The number of nitriles is 1. The van der Waals surface area contributed by atoms with E-state index in [0.29, 0.717) is 12.5 Å². The van der Waals surface area contributed by atoms with Gasteiger partial charge in [-0.05, 0) is 44.7 Å². The number of rotatable bonds is 4. The summed E-state index contributed by atoms with van der Waals surface area (Å²) in [5.74, 6) is 0.926. The van der Waals surface area contributed by atoms with Gasteiger partial charge in [-0.3, -0.25) is 4.90 Å². The number of nitrogens with zero attached hydrogens (tertiary/aromatic N) is 2. The SMILES string of the molecule is CCC1CCCN(C(CC)CC#N)CC1. The second-order valence-corrected chi connectivity index (χ2v) is 4.67. The summed E-state index contributed by atoms with van der Waals surface area (Å²) in [4.78, 5) is 2.54. The van der Waals surface area contributed by atoms with Crippen molar-refractivity contribution < 1.29 is 0 Å². The molecule has 2 atom stereocenters. The lowest BCUT2D eigenvalue weighted by atomic mass is 9.98. The molecular formula is C13H24N2. The Kier molecular flexibility index (Phi) is 5.71. The van der Waals surface area contributed by atoms with Gasteiger partial charge in [0.15, 0.2) is 0 Å². The minimum atomic E-state index is 0.505. The first-order chi connectivity index (χ1) is 7.31. The molecule has 0 aromatic heterocycles. The van der Waals surface area contributed by atoms with Crippen LogP contribution in [0.3, 0.4) is 0 Å². The van der Waals surface area contributed by atoms with Gasteiger partial charge in [0.25, 0.3) is 0 Å². The third kappa shape index (κ3) is 3.83. The highest BCUT2D eigenvalue weighted by Gasteiger charge is 2.20. The molecule has 0 spiro atoms. The van der Waals surface area contributed by atoms with Gasteiger partial charge in [-0.1, -0.05) is 20.3 Å². The van der Waals surface area contributed by atoms with Crippen LogP contribution in [0.1, 0.15) is 52.4 Å². The zero-order valence-electron chi connectivity index (χ0n) is 10.2. The van der Waals surface area contributed by atoms with Crippen LogP contribution in [0.25, 0.3) is 0 Å². The van der Waals surface area contributed by atoms with Crippen LogP contribution in [0, 0.1) is 17.2 Å². The number of hydrogen-bond donors (Lipinski definition) is 0. The lowest BCUT2D eigenvalue weighted by Crippen LogP contribution is -2.35. The lowest BCUT2D eigenvalue weighted by Gasteiger charge is -2.28. The molecule has 1 rings (SSSR count). The van der Waals surface area contributed by atoms with Gasteiger partial charge in [0.2, 0.25) is 0 Å². The first-order valence-corrected chi connectivity index (χ1v) is 6.42. The first kappa shape index (κ1) is 12.5. The molecule has 0 saturated carbocycles. The first-order valence-electron chi connectivity index (χ1n) is 6.42. The van der Waals surface area contributed by atoms with Gasteiger partial charge in [-0.2, -0.15) is 5.26 Å². The van der Waals surface area contributed by atoms with Crippen LogP contribution in [0.15, 0.2) is 0 Å². The molecule has 86 valence electrons. The van der Waals surface area contributed by atoms with E-state index < -0.39 is 0 Å². The second kappa shape index (κ2) is 6.85. The molecule has 0 bridgehead atoms. The van der Waals surface area contributed by atoms with E-state index >= 15 is 0 Å². The van der Waals surface area contributed by atoms with Gasteiger partial charge >= 0.3 is 0 Å². The fourth-order valence-corrected chi connectivity index (χ4v) is 2.60. The van der Waals surface area contributed by atoms with Crippen molar-refractivity contribution in [3.8, 4) is 6.07 Å². The summed E-state index contributed by atoms with van der Waals surface area (Å²) in [6, 6.07) is 2.83. The monoisotopic (exact) mass is 208 g/mol. The van der Waals surface area contributed by atoms with Gasteiger partial charge in [-0.15, -0.1) is 0 Å². The van der Waals surface area contributed by atoms with Crippen molar-refractivity contribution in [3.05, 3.63) is 0 Å². The minimum absolute atomic E-state index is 0.505. The molecule has 2 heteroatoms. The average Bonchev–Trinajstić information content (AvgIpc) is 2.51. The molecule has 1 heterocycles. The summed E-state index contributed by atoms with van der Waals surface area (Å²) in [6.45, 7) is 6.91. The van der Waals surface area contributed by atoms with Gasteiger partial charge in [-0.25, -0.2) is 0 Å². The van der Waals surface area contributed by atoms with Crippen LogP contribution < -0.4 is 0 Å². The Bertz CT molecular complexity index is 207. The summed E-state index contributed by atoms with van der Waals surface area (Å²) in [5, 5.41) is 8.79. The Morgan fingerprint density at radius 2 is 2.13 bits per heavy atom. The van der Waals surface area contributed by atoms with Crippen LogP contribution in [0.5, 0.6) is 0 Å². The van der Waals surface area contributed by atoms with Crippen molar-refractivity contribution in [2.75, 3.05) is 13.1 Å². The topological polar surface area (TPSA) is 27.0 Å². The van der Waals surface area contributed by atoms with E-state index in [1.54, 1.807) is 0 Å². The fourth-order valence-electron chi connectivity index (χ4n) is 2.60. The molecule has 0 aliphatic carbocycles. The van der Waals surface area contributed by atoms with Gasteiger partial charge in [0.1, 0.15) is 0 Å². The Labute approximate surface area is 94.3 Å².